The SMILES string of the molecule is NC(=O)c1ccc2c(c1)OC(C(=O)C1CCOCC1)CNC2. The average Bonchev–Trinajstić information content (AvgIpc) is 2.76. The van der Waals surface area contributed by atoms with Crippen molar-refractivity contribution in [2.75, 3.05) is 19.8 Å². The zero-order valence-electron chi connectivity index (χ0n) is 12.3. The van der Waals surface area contributed by atoms with Crippen molar-refractivity contribution in [1.82, 2.24) is 5.32 Å². The van der Waals surface area contributed by atoms with Crippen molar-refractivity contribution in [3.05, 3.63) is 29.3 Å². The molecule has 1 saturated heterocycles. The highest BCUT2D eigenvalue weighted by Gasteiger charge is 2.31. The summed E-state index contributed by atoms with van der Waals surface area (Å²) in [7, 11) is 0. The largest absolute Gasteiger partial charge is 0.481 e. The molecule has 6 heteroatoms. The predicted molar refractivity (Wildman–Crippen MR) is 79.6 cm³/mol. The lowest BCUT2D eigenvalue weighted by Gasteiger charge is -2.25. The summed E-state index contributed by atoms with van der Waals surface area (Å²) in [5.41, 5.74) is 6.62. The molecule has 118 valence electrons. The molecule has 1 atom stereocenters. The van der Waals surface area contributed by atoms with E-state index in [0.717, 1.165) is 18.4 Å². The number of hydrogen-bond donors (Lipinski definition) is 2. The van der Waals surface area contributed by atoms with Crippen LogP contribution in [0.3, 0.4) is 0 Å². The van der Waals surface area contributed by atoms with Crippen molar-refractivity contribution in [2.45, 2.75) is 25.5 Å². The fraction of sp³-hybridized carbons (Fsp3) is 0.500. The van der Waals surface area contributed by atoms with Crippen LogP contribution in [-0.2, 0) is 16.1 Å². The number of nitrogens with two attached hydrogens (primary N) is 1. The first-order chi connectivity index (χ1) is 10.6. The maximum Gasteiger partial charge on any atom is 0.248 e. The molecular formula is C16H20N2O4. The van der Waals surface area contributed by atoms with E-state index in [0.29, 0.717) is 37.6 Å². The Morgan fingerprint density at radius 2 is 2.00 bits per heavy atom. The van der Waals surface area contributed by atoms with Gasteiger partial charge in [-0.15, -0.1) is 0 Å². The fourth-order valence-electron chi connectivity index (χ4n) is 2.90. The third kappa shape index (κ3) is 3.13. The zero-order chi connectivity index (χ0) is 15.5. The van der Waals surface area contributed by atoms with Crippen LogP contribution in [0.1, 0.15) is 28.8 Å². The first-order valence-electron chi connectivity index (χ1n) is 7.56. The molecule has 1 unspecified atom stereocenters. The number of carbonyl (C=O) groups is 2. The van der Waals surface area contributed by atoms with Crippen LogP contribution in [-0.4, -0.2) is 37.6 Å². The molecule has 0 saturated carbocycles. The smallest absolute Gasteiger partial charge is 0.248 e. The maximum atomic E-state index is 12.6. The van der Waals surface area contributed by atoms with Gasteiger partial charge >= 0.3 is 0 Å². The third-order valence-electron chi connectivity index (χ3n) is 4.21. The number of Topliss-reactive ketones (excluding diaryl/α,β-unsaturated/α-hetero) is 1. The molecule has 6 nitrogen and oxygen atoms in total. The van der Waals surface area contributed by atoms with E-state index in [-0.39, 0.29) is 11.7 Å². The number of hydrogen-bond acceptors (Lipinski definition) is 5. The Hall–Kier alpha value is -1.92. The Balaban J connectivity index is 1.79. The van der Waals surface area contributed by atoms with Gasteiger partial charge in [0, 0.05) is 43.3 Å². The number of nitrogens with one attached hydrogen (secondary N) is 1. The average molecular weight is 304 g/mol. The zero-order valence-corrected chi connectivity index (χ0v) is 12.3. The van der Waals surface area contributed by atoms with Gasteiger partial charge in [-0.1, -0.05) is 6.07 Å². The lowest BCUT2D eigenvalue weighted by atomic mass is 9.92. The van der Waals surface area contributed by atoms with Crippen molar-refractivity contribution < 1.29 is 19.1 Å². The van der Waals surface area contributed by atoms with E-state index in [2.05, 4.69) is 5.32 Å². The van der Waals surface area contributed by atoms with Gasteiger partial charge in [-0.2, -0.15) is 0 Å². The van der Waals surface area contributed by atoms with E-state index in [1.807, 2.05) is 6.07 Å². The van der Waals surface area contributed by atoms with Gasteiger partial charge in [-0.25, -0.2) is 0 Å². The van der Waals surface area contributed by atoms with Crippen LogP contribution < -0.4 is 15.8 Å². The summed E-state index contributed by atoms with van der Waals surface area (Å²) in [4.78, 5) is 23.9. The molecular weight excluding hydrogens is 284 g/mol. The van der Waals surface area contributed by atoms with E-state index in [1.165, 1.54) is 0 Å². The van der Waals surface area contributed by atoms with E-state index in [4.69, 9.17) is 15.2 Å². The van der Waals surface area contributed by atoms with Crippen LogP contribution in [0.5, 0.6) is 5.75 Å². The van der Waals surface area contributed by atoms with Crippen molar-refractivity contribution >= 4 is 11.7 Å². The molecule has 2 aliphatic rings. The van der Waals surface area contributed by atoms with Gasteiger partial charge in [0.1, 0.15) is 5.75 Å². The molecule has 0 aliphatic carbocycles. The summed E-state index contributed by atoms with van der Waals surface area (Å²) >= 11 is 0. The summed E-state index contributed by atoms with van der Waals surface area (Å²) in [6, 6.07) is 5.10. The molecule has 0 aromatic heterocycles. The molecule has 3 N–H and O–H groups in total. The molecule has 0 bridgehead atoms. The van der Waals surface area contributed by atoms with Gasteiger partial charge in [-0.3, -0.25) is 9.59 Å². The van der Waals surface area contributed by atoms with Crippen LogP contribution in [0.2, 0.25) is 0 Å². The Morgan fingerprint density at radius 1 is 1.23 bits per heavy atom. The van der Waals surface area contributed by atoms with Gasteiger partial charge in [-0.05, 0) is 25.0 Å². The number of amides is 1. The van der Waals surface area contributed by atoms with Crippen LogP contribution in [0.4, 0.5) is 0 Å². The van der Waals surface area contributed by atoms with Crippen molar-refractivity contribution in [3.63, 3.8) is 0 Å². The number of primary amides is 1. The molecule has 3 rings (SSSR count). The Morgan fingerprint density at radius 3 is 2.73 bits per heavy atom. The fourth-order valence-corrected chi connectivity index (χ4v) is 2.90. The van der Waals surface area contributed by atoms with Gasteiger partial charge < -0.3 is 20.5 Å². The topological polar surface area (TPSA) is 90.7 Å². The van der Waals surface area contributed by atoms with E-state index in [1.54, 1.807) is 12.1 Å². The highest BCUT2D eigenvalue weighted by atomic mass is 16.5. The normalized spacial score (nSPS) is 22.3. The van der Waals surface area contributed by atoms with Crippen LogP contribution in [0.25, 0.3) is 0 Å². The number of benzene rings is 1. The predicted octanol–water partition coefficient (Wildman–Crippen LogP) is 0.632. The van der Waals surface area contributed by atoms with Crippen molar-refractivity contribution in [3.8, 4) is 5.75 Å². The molecule has 1 fully saturated rings. The highest BCUT2D eigenvalue weighted by Crippen LogP contribution is 2.26. The Labute approximate surface area is 129 Å². The summed E-state index contributed by atoms with van der Waals surface area (Å²) in [5.74, 6) is 0.150. The molecule has 1 amide bonds. The number of fused-ring (bicyclic) bond motifs is 1. The molecule has 1 aromatic rings. The quantitative estimate of drug-likeness (QED) is 0.855. The molecule has 0 radical (unpaired) electrons. The summed E-state index contributed by atoms with van der Waals surface area (Å²) in [5, 5.41) is 3.23. The minimum Gasteiger partial charge on any atom is -0.481 e. The molecule has 1 aromatic carbocycles. The first kappa shape index (κ1) is 15.0. The molecule has 22 heavy (non-hydrogen) atoms. The molecule has 0 spiro atoms. The van der Waals surface area contributed by atoms with Crippen molar-refractivity contribution in [2.24, 2.45) is 11.7 Å². The second kappa shape index (κ2) is 6.46. The maximum absolute atomic E-state index is 12.6. The number of ether oxygens (including phenoxy) is 2. The number of carbonyl (C=O) groups excluding carboxylic acids is 2. The van der Waals surface area contributed by atoms with Crippen LogP contribution >= 0.6 is 0 Å². The van der Waals surface area contributed by atoms with Crippen LogP contribution in [0, 0.1) is 5.92 Å². The standard InChI is InChI=1S/C16H20N2O4/c17-16(20)11-1-2-12-8-18-9-14(22-13(12)7-11)15(19)10-3-5-21-6-4-10/h1-2,7,10,14,18H,3-6,8-9H2,(H2,17,20). The Kier molecular flexibility index (Phi) is 4.40. The summed E-state index contributed by atoms with van der Waals surface area (Å²) in [6.07, 6.45) is 0.951. The minimum atomic E-state index is -0.535. The highest BCUT2D eigenvalue weighted by molar-refractivity contribution is 5.93. The second-order valence-electron chi connectivity index (χ2n) is 5.71. The van der Waals surface area contributed by atoms with Gasteiger partial charge in [0.15, 0.2) is 11.9 Å². The molecule has 2 heterocycles. The second-order valence-corrected chi connectivity index (χ2v) is 5.71. The monoisotopic (exact) mass is 304 g/mol. The first-order valence-corrected chi connectivity index (χ1v) is 7.56. The molecule has 2 aliphatic heterocycles. The number of rotatable bonds is 3. The lowest BCUT2D eigenvalue weighted by molar-refractivity contribution is -0.132. The van der Waals surface area contributed by atoms with E-state index in [9.17, 15) is 9.59 Å². The van der Waals surface area contributed by atoms with Gasteiger partial charge in [0.05, 0.1) is 0 Å². The van der Waals surface area contributed by atoms with Gasteiger partial charge in [0.25, 0.3) is 0 Å². The van der Waals surface area contributed by atoms with E-state index < -0.39 is 12.0 Å². The van der Waals surface area contributed by atoms with Crippen molar-refractivity contribution in [1.29, 1.82) is 0 Å². The minimum absolute atomic E-state index is 0.0126. The number of ketones is 1. The summed E-state index contributed by atoms with van der Waals surface area (Å²) < 4.78 is 11.2. The summed E-state index contributed by atoms with van der Waals surface area (Å²) in [6.45, 7) is 2.32. The van der Waals surface area contributed by atoms with Gasteiger partial charge in [0.2, 0.25) is 5.91 Å². The Bertz CT molecular complexity index is 582. The van der Waals surface area contributed by atoms with E-state index >= 15 is 0 Å². The van der Waals surface area contributed by atoms with Crippen LogP contribution in [0.15, 0.2) is 18.2 Å². The third-order valence-corrected chi connectivity index (χ3v) is 4.21. The lowest BCUT2D eigenvalue weighted by Crippen LogP contribution is -2.41.